The topological polar surface area (TPSA) is 87.3 Å². The maximum absolute atomic E-state index is 5.49. The molecule has 0 aromatic rings. The number of hydrogen-bond donors (Lipinski definition) is 3. The molecule has 26 heavy (non-hydrogen) atoms. The van der Waals surface area contributed by atoms with Gasteiger partial charge in [0.15, 0.2) is 0 Å². The summed E-state index contributed by atoms with van der Waals surface area (Å²) < 4.78 is 0. The lowest BCUT2D eigenvalue weighted by atomic mass is 10.1. The number of nitrogens with one attached hydrogen (secondary N) is 2. The summed E-state index contributed by atoms with van der Waals surface area (Å²) >= 11 is 0. The van der Waals surface area contributed by atoms with E-state index in [1.54, 1.807) is 7.11 Å². The van der Waals surface area contributed by atoms with E-state index in [-0.39, 0.29) is 6.17 Å². The second kappa shape index (κ2) is 17.4. The second-order valence-corrected chi connectivity index (χ2v) is 6.90. The molecule has 1 heterocycles. The number of unbranched alkanes of at least 4 members (excludes halogenated alkanes) is 8. The number of allylic oxidation sites excluding steroid dienone is 2. The molecule has 0 aliphatic carbocycles. The van der Waals surface area contributed by atoms with Crippen LogP contribution in [0.2, 0.25) is 0 Å². The van der Waals surface area contributed by atoms with E-state index in [0.29, 0.717) is 0 Å². The molecule has 1 aliphatic heterocycles. The van der Waals surface area contributed by atoms with Crippen LogP contribution in [0.4, 0.5) is 0 Å². The average molecular weight is 369 g/mol. The van der Waals surface area contributed by atoms with Crippen molar-refractivity contribution in [3.8, 4) is 0 Å². The molecular weight excluding hydrogens is 328 g/mol. The molecule has 0 radical (unpaired) electrons. The van der Waals surface area contributed by atoms with E-state index in [1.165, 1.54) is 51.4 Å². The van der Waals surface area contributed by atoms with E-state index >= 15 is 0 Å². The van der Waals surface area contributed by atoms with Gasteiger partial charge in [0.05, 0.1) is 7.11 Å². The highest BCUT2D eigenvalue weighted by Gasteiger charge is 2.21. The van der Waals surface area contributed by atoms with Crippen LogP contribution in [0.1, 0.15) is 77.0 Å². The lowest BCUT2D eigenvalue weighted by Crippen LogP contribution is -2.38. The number of rotatable bonds is 18. The third-order valence-electron chi connectivity index (χ3n) is 4.62. The highest BCUT2D eigenvalue weighted by molar-refractivity contribution is 4.81. The van der Waals surface area contributed by atoms with Gasteiger partial charge in [-0.2, -0.15) is 5.01 Å². The first kappa shape index (κ1) is 23.0. The van der Waals surface area contributed by atoms with Gasteiger partial charge in [-0.3, -0.25) is 0 Å². The van der Waals surface area contributed by atoms with Crippen molar-refractivity contribution in [1.82, 2.24) is 16.0 Å². The molecule has 1 aliphatic rings. The lowest BCUT2D eigenvalue weighted by Gasteiger charge is -2.20. The fourth-order valence-electron chi connectivity index (χ4n) is 3.03. The summed E-state index contributed by atoms with van der Waals surface area (Å²) in [5.74, 6) is 0. The Morgan fingerprint density at radius 2 is 1.73 bits per heavy atom. The van der Waals surface area contributed by atoms with Gasteiger partial charge in [0.25, 0.3) is 0 Å². The molecule has 0 aromatic heterocycles. The third-order valence-corrected chi connectivity index (χ3v) is 4.62. The van der Waals surface area contributed by atoms with Crippen LogP contribution in [0.25, 0.3) is 0 Å². The molecule has 0 saturated heterocycles. The van der Waals surface area contributed by atoms with Crippen molar-refractivity contribution in [3.05, 3.63) is 12.2 Å². The molecule has 0 saturated carbocycles. The fourth-order valence-corrected chi connectivity index (χ4v) is 3.03. The van der Waals surface area contributed by atoms with Crippen LogP contribution in [0, 0.1) is 0 Å². The SMILES string of the molecule is CONCCCCN1NN=NC1CCCCCCC/C=C\CCCCN. The largest absolute Gasteiger partial charge is 0.330 e. The molecule has 1 rings (SSSR count). The van der Waals surface area contributed by atoms with Crippen LogP contribution in [-0.4, -0.2) is 37.9 Å². The predicted molar refractivity (Wildman–Crippen MR) is 107 cm³/mol. The highest BCUT2D eigenvalue weighted by atomic mass is 16.6. The van der Waals surface area contributed by atoms with Gasteiger partial charge in [0.1, 0.15) is 6.17 Å². The average Bonchev–Trinajstić information content (AvgIpc) is 3.10. The molecule has 0 fully saturated rings. The standard InChI is InChI=1S/C19H40N6O/c1-26-21-17-13-14-18-25-19(22-23-24-25)15-11-9-7-5-3-2-4-6-8-10-12-16-20/h4,6,19,21H,2-3,5,7-18,20H2,1H3,(H,22,24)/b6-4-. The molecule has 0 amide bonds. The quantitative estimate of drug-likeness (QED) is 0.194. The molecule has 152 valence electrons. The number of hydrazine groups is 1. The van der Waals surface area contributed by atoms with Crippen molar-refractivity contribution in [2.75, 3.05) is 26.7 Å². The first-order valence-electron chi connectivity index (χ1n) is 10.4. The molecule has 0 spiro atoms. The molecule has 0 bridgehead atoms. The predicted octanol–water partition coefficient (Wildman–Crippen LogP) is 3.85. The summed E-state index contributed by atoms with van der Waals surface area (Å²) in [4.78, 5) is 4.84. The van der Waals surface area contributed by atoms with Gasteiger partial charge in [-0.15, -0.1) is 5.11 Å². The maximum atomic E-state index is 5.49. The molecule has 1 atom stereocenters. The van der Waals surface area contributed by atoms with E-state index in [9.17, 15) is 0 Å². The second-order valence-electron chi connectivity index (χ2n) is 6.90. The minimum atomic E-state index is 0.210. The Bertz CT molecular complexity index is 364. The van der Waals surface area contributed by atoms with Crippen molar-refractivity contribution < 1.29 is 4.84 Å². The van der Waals surface area contributed by atoms with E-state index < -0.39 is 0 Å². The van der Waals surface area contributed by atoms with E-state index in [4.69, 9.17) is 10.6 Å². The van der Waals surface area contributed by atoms with E-state index in [0.717, 1.165) is 45.3 Å². The van der Waals surface area contributed by atoms with Gasteiger partial charge in [-0.25, -0.2) is 11.0 Å². The normalized spacial score (nSPS) is 17.4. The van der Waals surface area contributed by atoms with Gasteiger partial charge in [-0.1, -0.05) is 36.6 Å². The Morgan fingerprint density at radius 3 is 2.50 bits per heavy atom. The van der Waals surface area contributed by atoms with Gasteiger partial charge in [0.2, 0.25) is 0 Å². The maximum Gasteiger partial charge on any atom is 0.143 e. The van der Waals surface area contributed by atoms with Gasteiger partial charge in [-0.05, 0) is 64.3 Å². The van der Waals surface area contributed by atoms with Crippen LogP contribution in [-0.2, 0) is 4.84 Å². The Labute approximate surface area is 159 Å². The van der Waals surface area contributed by atoms with Crippen LogP contribution in [0.15, 0.2) is 22.5 Å². The van der Waals surface area contributed by atoms with Crippen LogP contribution < -0.4 is 16.7 Å². The smallest absolute Gasteiger partial charge is 0.143 e. The van der Waals surface area contributed by atoms with Crippen molar-refractivity contribution in [2.24, 2.45) is 16.1 Å². The zero-order valence-corrected chi connectivity index (χ0v) is 16.7. The molecule has 4 N–H and O–H groups in total. The summed E-state index contributed by atoms with van der Waals surface area (Å²) in [7, 11) is 1.65. The van der Waals surface area contributed by atoms with Crippen LogP contribution in [0.5, 0.6) is 0 Å². The molecule has 7 heteroatoms. The molecule has 0 aromatic carbocycles. The third kappa shape index (κ3) is 12.4. The summed E-state index contributed by atoms with van der Waals surface area (Å²) in [6.45, 7) is 2.67. The number of nitrogens with two attached hydrogens (primary N) is 1. The van der Waals surface area contributed by atoms with Gasteiger partial charge in [0, 0.05) is 13.1 Å². The lowest BCUT2D eigenvalue weighted by molar-refractivity contribution is 0.0881. The Hall–Kier alpha value is -1.02. The Balaban J connectivity index is 1.91. The number of hydrogen-bond acceptors (Lipinski definition) is 7. The summed E-state index contributed by atoms with van der Waals surface area (Å²) in [5.41, 5.74) is 11.4. The number of nitrogens with zero attached hydrogens (tertiary/aromatic N) is 3. The van der Waals surface area contributed by atoms with Crippen molar-refractivity contribution in [1.29, 1.82) is 0 Å². The fraction of sp³-hybridized carbons (Fsp3) is 0.895. The Morgan fingerprint density at radius 1 is 1.00 bits per heavy atom. The van der Waals surface area contributed by atoms with Crippen molar-refractivity contribution in [2.45, 2.75) is 83.2 Å². The van der Waals surface area contributed by atoms with E-state index in [1.807, 2.05) is 0 Å². The minimum Gasteiger partial charge on any atom is -0.330 e. The van der Waals surface area contributed by atoms with Gasteiger partial charge >= 0.3 is 0 Å². The number of hydroxylamine groups is 1. The Kier molecular flexibility index (Phi) is 15.4. The van der Waals surface area contributed by atoms with Gasteiger partial charge < -0.3 is 10.6 Å². The highest BCUT2D eigenvalue weighted by Crippen LogP contribution is 2.16. The first-order valence-corrected chi connectivity index (χ1v) is 10.4. The van der Waals surface area contributed by atoms with Crippen LogP contribution in [0.3, 0.4) is 0 Å². The first-order chi connectivity index (χ1) is 12.9. The van der Waals surface area contributed by atoms with E-state index in [2.05, 4.69) is 38.5 Å². The summed E-state index contributed by atoms with van der Waals surface area (Å²) in [6.07, 6.45) is 19.4. The monoisotopic (exact) mass is 368 g/mol. The minimum absolute atomic E-state index is 0.210. The van der Waals surface area contributed by atoms with Crippen LogP contribution >= 0.6 is 0 Å². The van der Waals surface area contributed by atoms with Crippen molar-refractivity contribution >= 4 is 0 Å². The summed E-state index contributed by atoms with van der Waals surface area (Å²) in [5, 5.41) is 10.4. The summed E-state index contributed by atoms with van der Waals surface area (Å²) in [6, 6.07) is 0. The zero-order chi connectivity index (χ0) is 18.7. The zero-order valence-electron chi connectivity index (χ0n) is 16.7. The molecule has 1 unspecified atom stereocenters. The van der Waals surface area contributed by atoms with Crippen molar-refractivity contribution in [3.63, 3.8) is 0 Å². The molecular formula is C19H40N6O. The molecule has 7 nitrogen and oxygen atoms in total.